The molecule has 0 radical (unpaired) electrons. The van der Waals surface area contributed by atoms with Gasteiger partial charge in [0.2, 0.25) is 5.82 Å². The Balaban J connectivity index is 1.74. The van der Waals surface area contributed by atoms with Crippen LogP contribution in [-0.4, -0.2) is 11.6 Å². The smallest absolute Gasteiger partial charge is 0.280 e. The Morgan fingerprint density at radius 1 is 1.00 bits per heavy atom. The van der Waals surface area contributed by atoms with Crippen LogP contribution in [0, 0.1) is 36.2 Å². The summed E-state index contributed by atoms with van der Waals surface area (Å²) in [7, 11) is 0. The number of benzene rings is 3. The second-order valence-corrected chi connectivity index (χ2v) is 10.3. The molecule has 0 saturated heterocycles. The molecule has 3 aromatic carbocycles. The Labute approximate surface area is 234 Å². The number of rotatable bonds is 5. The number of hydrazone groups is 1. The SMILES string of the molecule is CC1=NN(c2c(F)c(F)c(F)c(F)c2F)C(=O)/C1=C\c1cc(I)cc(I)c1OCc1ccccc1Cl. The molecule has 1 amide bonds. The molecule has 3 aromatic rings. The molecule has 0 saturated carbocycles. The van der Waals surface area contributed by atoms with Crippen LogP contribution in [0.5, 0.6) is 5.75 Å². The minimum atomic E-state index is -2.33. The summed E-state index contributed by atoms with van der Waals surface area (Å²) in [5.74, 6) is -11.7. The minimum Gasteiger partial charge on any atom is -0.487 e. The van der Waals surface area contributed by atoms with Gasteiger partial charge in [0.05, 0.1) is 14.9 Å². The van der Waals surface area contributed by atoms with Crippen LogP contribution in [0.2, 0.25) is 5.02 Å². The Bertz CT molecular complexity index is 1450. The van der Waals surface area contributed by atoms with E-state index in [2.05, 4.69) is 50.3 Å². The number of amides is 1. The lowest BCUT2D eigenvalue weighted by molar-refractivity contribution is -0.114. The topological polar surface area (TPSA) is 41.9 Å². The lowest BCUT2D eigenvalue weighted by Gasteiger charge is -2.15. The van der Waals surface area contributed by atoms with E-state index in [1.807, 2.05) is 6.07 Å². The molecular weight excluding hydrogens is 733 g/mol. The molecule has 12 heteroatoms. The zero-order valence-corrected chi connectivity index (χ0v) is 23.1. The summed E-state index contributed by atoms with van der Waals surface area (Å²) < 4.78 is 77.1. The zero-order valence-electron chi connectivity index (χ0n) is 18.0. The molecule has 0 fully saturated rings. The molecule has 1 aliphatic rings. The third-order valence-corrected chi connectivity index (χ3v) is 6.92. The Hall–Kier alpha value is -2.26. The molecule has 0 N–H and O–H groups in total. The number of halogens is 8. The highest BCUT2D eigenvalue weighted by Gasteiger charge is 2.37. The van der Waals surface area contributed by atoms with Crippen LogP contribution in [0.4, 0.5) is 27.6 Å². The van der Waals surface area contributed by atoms with Crippen molar-refractivity contribution in [3.05, 3.63) is 94.3 Å². The molecule has 1 heterocycles. The van der Waals surface area contributed by atoms with E-state index in [0.29, 0.717) is 19.9 Å². The molecule has 4 nitrogen and oxygen atoms in total. The molecule has 0 aromatic heterocycles. The summed E-state index contributed by atoms with van der Waals surface area (Å²) in [5, 5.41) is 4.44. The van der Waals surface area contributed by atoms with Crippen LogP contribution in [-0.2, 0) is 11.4 Å². The van der Waals surface area contributed by atoms with Crippen molar-refractivity contribution in [2.75, 3.05) is 5.01 Å². The summed E-state index contributed by atoms with van der Waals surface area (Å²) in [6.45, 7) is 1.49. The number of carbonyl (C=O) groups is 1. The highest BCUT2D eigenvalue weighted by molar-refractivity contribution is 14.1. The standard InChI is InChI=1S/C24H12ClF5I2N2O2/c1-10-14(24(35)34(33-10)22-20(29)18(27)17(26)19(28)21(22)30)7-12-6-13(31)8-16(32)23(12)36-9-11-4-2-3-5-15(11)25/h2-8H,9H2,1H3/b14-7-. The van der Waals surface area contributed by atoms with Crippen molar-refractivity contribution >= 4 is 80.2 Å². The third-order valence-electron chi connectivity index (χ3n) is 5.13. The number of nitrogens with zero attached hydrogens (tertiary/aromatic N) is 2. The van der Waals surface area contributed by atoms with Crippen molar-refractivity contribution in [2.24, 2.45) is 5.10 Å². The maximum Gasteiger partial charge on any atom is 0.280 e. The molecule has 1 aliphatic heterocycles. The van der Waals surface area contributed by atoms with Gasteiger partial charge >= 0.3 is 0 Å². The van der Waals surface area contributed by atoms with Crippen LogP contribution in [0.1, 0.15) is 18.1 Å². The maximum absolute atomic E-state index is 14.3. The molecule has 4 rings (SSSR count). The van der Waals surface area contributed by atoms with Gasteiger partial charge in [-0.3, -0.25) is 4.79 Å². The van der Waals surface area contributed by atoms with E-state index in [4.69, 9.17) is 16.3 Å². The monoisotopic (exact) mass is 744 g/mol. The fourth-order valence-electron chi connectivity index (χ4n) is 3.38. The quantitative estimate of drug-likeness (QED) is 0.0888. The van der Waals surface area contributed by atoms with Crippen molar-refractivity contribution in [3.63, 3.8) is 0 Å². The molecule has 36 heavy (non-hydrogen) atoms. The summed E-state index contributed by atoms with van der Waals surface area (Å²) >= 11 is 10.3. The number of anilines is 1. The van der Waals surface area contributed by atoms with E-state index in [9.17, 15) is 26.7 Å². The lowest BCUT2D eigenvalue weighted by Crippen LogP contribution is -2.25. The normalized spacial score (nSPS) is 14.6. The molecule has 186 valence electrons. The second kappa shape index (κ2) is 10.6. The summed E-state index contributed by atoms with van der Waals surface area (Å²) in [6, 6.07) is 10.6. The van der Waals surface area contributed by atoms with Crippen LogP contribution in [0.3, 0.4) is 0 Å². The molecule has 0 atom stereocenters. The summed E-state index contributed by atoms with van der Waals surface area (Å²) in [6.07, 6.45) is 1.39. The number of ether oxygens (including phenoxy) is 1. The first-order valence-electron chi connectivity index (χ1n) is 9.99. The van der Waals surface area contributed by atoms with Gasteiger partial charge in [-0.1, -0.05) is 29.8 Å². The number of carbonyl (C=O) groups excluding carboxylic acids is 1. The van der Waals surface area contributed by atoms with E-state index >= 15 is 0 Å². The van der Waals surface area contributed by atoms with E-state index in [-0.39, 0.29) is 22.9 Å². The van der Waals surface area contributed by atoms with Gasteiger partial charge in [0.1, 0.15) is 18.0 Å². The maximum atomic E-state index is 14.3. The van der Waals surface area contributed by atoms with Crippen molar-refractivity contribution < 1.29 is 31.5 Å². The van der Waals surface area contributed by atoms with E-state index in [0.717, 1.165) is 9.13 Å². The number of hydrogen-bond donors (Lipinski definition) is 0. The first-order chi connectivity index (χ1) is 17.0. The Kier molecular flexibility index (Phi) is 7.90. The summed E-state index contributed by atoms with van der Waals surface area (Å²) in [5.41, 5.74) is -0.393. The van der Waals surface area contributed by atoms with Crippen molar-refractivity contribution in [2.45, 2.75) is 13.5 Å². The van der Waals surface area contributed by atoms with Crippen molar-refractivity contribution in [1.29, 1.82) is 0 Å². The van der Waals surface area contributed by atoms with Crippen molar-refractivity contribution in [3.8, 4) is 5.75 Å². The largest absolute Gasteiger partial charge is 0.487 e. The Morgan fingerprint density at radius 3 is 2.25 bits per heavy atom. The molecule has 0 aliphatic carbocycles. The van der Waals surface area contributed by atoms with Gasteiger partial charge in [-0.05, 0) is 76.4 Å². The first kappa shape index (κ1) is 26.8. The van der Waals surface area contributed by atoms with Crippen LogP contribution in [0.15, 0.2) is 47.1 Å². The van der Waals surface area contributed by atoms with E-state index in [1.54, 1.807) is 30.3 Å². The van der Waals surface area contributed by atoms with E-state index in [1.165, 1.54) is 13.0 Å². The predicted octanol–water partition coefficient (Wildman–Crippen LogP) is 7.63. The minimum absolute atomic E-state index is 0.00913. The summed E-state index contributed by atoms with van der Waals surface area (Å²) in [4.78, 5) is 13.0. The molecule has 0 unspecified atom stereocenters. The van der Waals surface area contributed by atoms with Gasteiger partial charge in [-0.15, -0.1) is 0 Å². The van der Waals surface area contributed by atoms with Gasteiger partial charge in [-0.2, -0.15) is 10.1 Å². The zero-order chi connectivity index (χ0) is 26.3. The fraction of sp³-hybridized carbons (Fsp3) is 0.0833. The lowest BCUT2D eigenvalue weighted by atomic mass is 10.1. The Morgan fingerprint density at radius 2 is 1.61 bits per heavy atom. The molecule has 0 spiro atoms. The highest BCUT2D eigenvalue weighted by atomic mass is 127. The molecular formula is C24H12ClF5I2N2O2. The average molecular weight is 745 g/mol. The fourth-order valence-corrected chi connectivity index (χ4v) is 5.61. The highest BCUT2D eigenvalue weighted by Crippen LogP contribution is 2.36. The van der Waals surface area contributed by atoms with Crippen molar-refractivity contribution in [1.82, 2.24) is 0 Å². The average Bonchev–Trinajstić information content (AvgIpc) is 3.10. The third kappa shape index (κ3) is 4.96. The van der Waals surface area contributed by atoms with Gasteiger partial charge in [0.15, 0.2) is 23.3 Å². The van der Waals surface area contributed by atoms with Gasteiger partial charge < -0.3 is 4.74 Å². The first-order valence-corrected chi connectivity index (χ1v) is 12.5. The second-order valence-electron chi connectivity index (χ2n) is 7.46. The molecule has 0 bridgehead atoms. The van der Waals surface area contributed by atoms with Crippen LogP contribution >= 0.6 is 56.8 Å². The van der Waals surface area contributed by atoms with Gasteiger partial charge in [0.25, 0.3) is 5.91 Å². The predicted molar refractivity (Wildman–Crippen MR) is 142 cm³/mol. The van der Waals surface area contributed by atoms with Crippen LogP contribution in [0.25, 0.3) is 6.08 Å². The van der Waals surface area contributed by atoms with E-state index < -0.39 is 40.7 Å². The van der Waals surface area contributed by atoms with Crippen LogP contribution < -0.4 is 9.75 Å². The van der Waals surface area contributed by atoms with Gasteiger partial charge in [0, 0.05) is 19.7 Å². The number of hydrogen-bond acceptors (Lipinski definition) is 3. The van der Waals surface area contributed by atoms with Gasteiger partial charge in [-0.25, -0.2) is 22.0 Å².